The summed E-state index contributed by atoms with van der Waals surface area (Å²) in [5.74, 6) is 1.14. The number of hydrogen-bond donors (Lipinski definition) is 2. The first kappa shape index (κ1) is 37.0. The summed E-state index contributed by atoms with van der Waals surface area (Å²) in [6.07, 6.45) is 15.2. The van der Waals surface area contributed by atoms with E-state index in [-0.39, 0.29) is 17.3 Å². The summed E-state index contributed by atoms with van der Waals surface area (Å²) in [7, 11) is 0. The average molecular weight is 752 g/mol. The highest BCUT2D eigenvalue weighted by molar-refractivity contribution is 7.99. The molecule has 2 fully saturated rings. The maximum atomic E-state index is 13.5. The van der Waals surface area contributed by atoms with Gasteiger partial charge in [-0.15, -0.1) is 11.8 Å². The van der Waals surface area contributed by atoms with Crippen LogP contribution in [-0.2, 0) is 34.5 Å². The molecule has 1 saturated heterocycles. The van der Waals surface area contributed by atoms with Crippen LogP contribution in [0.2, 0.25) is 5.02 Å². The minimum atomic E-state index is -0.418. The van der Waals surface area contributed by atoms with Gasteiger partial charge in [0.2, 0.25) is 5.91 Å². The predicted octanol–water partition coefficient (Wildman–Crippen LogP) is 8.03. The van der Waals surface area contributed by atoms with Gasteiger partial charge in [-0.1, -0.05) is 30.7 Å². The van der Waals surface area contributed by atoms with Crippen LogP contribution in [0.5, 0.6) is 0 Å². The van der Waals surface area contributed by atoms with Gasteiger partial charge in [0.05, 0.1) is 34.6 Å². The molecule has 276 valence electrons. The van der Waals surface area contributed by atoms with Crippen molar-refractivity contribution in [2.24, 2.45) is 10.9 Å². The summed E-state index contributed by atoms with van der Waals surface area (Å²) in [5, 5.41) is 6.67. The third kappa shape index (κ3) is 8.28. The first-order valence-electron chi connectivity index (χ1n) is 18.4. The summed E-state index contributed by atoms with van der Waals surface area (Å²) < 4.78 is 8.45. The van der Waals surface area contributed by atoms with Crippen LogP contribution in [0.4, 0.5) is 11.4 Å². The molecular weight excluding hydrogens is 706 g/mol. The van der Waals surface area contributed by atoms with Crippen LogP contribution in [0.3, 0.4) is 0 Å². The molecule has 7 rings (SSSR count). The zero-order valence-electron chi connectivity index (χ0n) is 30.3. The molecule has 1 atom stereocenters. The number of imidazole rings is 1. The van der Waals surface area contributed by atoms with Crippen molar-refractivity contribution in [3.8, 4) is 0 Å². The van der Waals surface area contributed by atoms with Gasteiger partial charge in [0.25, 0.3) is 5.91 Å². The highest BCUT2D eigenvalue weighted by Gasteiger charge is 2.56. The van der Waals surface area contributed by atoms with Gasteiger partial charge in [0, 0.05) is 53.5 Å². The van der Waals surface area contributed by atoms with Crippen LogP contribution >= 0.6 is 23.4 Å². The molecule has 1 spiro atoms. The topological polar surface area (TPSA) is 114 Å². The van der Waals surface area contributed by atoms with Gasteiger partial charge < -0.3 is 19.9 Å². The van der Waals surface area contributed by atoms with Crippen molar-refractivity contribution in [3.63, 3.8) is 0 Å². The number of amides is 2. The number of benzene rings is 2. The molecule has 2 N–H and O–H groups in total. The van der Waals surface area contributed by atoms with Crippen molar-refractivity contribution in [1.29, 1.82) is 0 Å². The molecule has 12 heteroatoms. The van der Waals surface area contributed by atoms with Crippen molar-refractivity contribution >= 4 is 64.3 Å². The van der Waals surface area contributed by atoms with Crippen LogP contribution in [0.15, 0.2) is 83.6 Å². The molecule has 10 nitrogen and oxygen atoms in total. The SMILES string of the molecule is C=N/C(=C\C=C/Cc1ccc(Cl)cn1)C1CCN(Cc2nc3cc(C(=O)Nc4ccc5c(c4)C4(CC4)C(=O)N5)ccc3n2CC(OCCC)SC)CC1. The van der Waals surface area contributed by atoms with Crippen molar-refractivity contribution in [2.75, 3.05) is 36.6 Å². The molecule has 2 aromatic heterocycles. The van der Waals surface area contributed by atoms with E-state index in [9.17, 15) is 9.59 Å². The molecule has 4 heterocycles. The Morgan fingerprint density at radius 1 is 1.21 bits per heavy atom. The lowest BCUT2D eigenvalue weighted by Crippen LogP contribution is -2.34. The van der Waals surface area contributed by atoms with Crippen LogP contribution in [0.1, 0.15) is 66.5 Å². The molecular formula is C41H46ClN7O3S. The molecule has 2 aliphatic heterocycles. The number of aliphatic imine (C=N–C) groups is 1. The lowest BCUT2D eigenvalue weighted by atomic mass is 9.93. The smallest absolute Gasteiger partial charge is 0.255 e. The molecule has 53 heavy (non-hydrogen) atoms. The van der Waals surface area contributed by atoms with Crippen molar-refractivity contribution in [2.45, 2.75) is 69.4 Å². The monoisotopic (exact) mass is 751 g/mol. The number of hydrogen-bond acceptors (Lipinski definition) is 8. The Kier molecular flexibility index (Phi) is 11.5. The minimum Gasteiger partial charge on any atom is -0.366 e. The lowest BCUT2D eigenvalue weighted by Gasteiger charge is -2.32. The number of ether oxygens (including phenoxy) is 1. The average Bonchev–Trinajstić information content (AvgIpc) is 3.86. The number of nitrogens with one attached hydrogen (secondary N) is 2. The second-order valence-corrected chi connectivity index (χ2v) is 15.5. The number of rotatable bonds is 15. The molecule has 1 saturated carbocycles. The summed E-state index contributed by atoms with van der Waals surface area (Å²) >= 11 is 7.66. The zero-order chi connectivity index (χ0) is 37.0. The Morgan fingerprint density at radius 2 is 2.04 bits per heavy atom. The van der Waals surface area contributed by atoms with E-state index in [2.05, 4.69) is 62.1 Å². The van der Waals surface area contributed by atoms with Crippen molar-refractivity contribution in [3.05, 3.63) is 106 Å². The van der Waals surface area contributed by atoms with Crippen LogP contribution in [0, 0.1) is 5.92 Å². The van der Waals surface area contributed by atoms with E-state index < -0.39 is 5.41 Å². The molecule has 0 radical (unpaired) electrons. The summed E-state index contributed by atoms with van der Waals surface area (Å²) in [6, 6.07) is 15.2. The minimum absolute atomic E-state index is 0.0226. The normalized spacial score (nSPS) is 17.7. The van der Waals surface area contributed by atoms with Gasteiger partial charge in [0.15, 0.2) is 0 Å². The number of carbonyl (C=O) groups excluding carboxylic acids is 2. The molecule has 4 aromatic rings. The third-order valence-electron chi connectivity index (χ3n) is 10.5. The van der Waals surface area contributed by atoms with Gasteiger partial charge >= 0.3 is 0 Å². The third-order valence-corrected chi connectivity index (χ3v) is 11.5. The van der Waals surface area contributed by atoms with Crippen molar-refractivity contribution in [1.82, 2.24) is 19.4 Å². The molecule has 2 aromatic carbocycles. The molecule has 3 aliphatic rings. The van der Waals surface area contributed by atoms with E-state index in [1.54, 1.807) is 18.0 Å². The standard InChI is InChI=1S/C41H46ClN7O3S/c1-4-21-52-38(53-3)26-49-36-14-9-28(39(50)45-31-12-13-34-32(23-31)41(17-18-41)40(51)47-34)22-35(36)46-37(49)25-48-19-15-27(16-20-48)33(43-2)8-6-5-7-30-11-10-29(42)24-44-30/h5-6,8-14,22-24,27,38H,2,4,7,15-21,25-26H2,1,3H3,(H,45,50)(H,47,51)/b6-5-,33-8-. The Labute approximate surface area is 320 Å². The Hall–Kier alpha value is -4.29. The number of thioether (sulfide) groups is 1. The molecule has 1 unspecified atom stereocenters. The lowest BCUT2D eigenvalue weighted by molar-refractivity contribution is -0.117. The second kappa shape index (κ2) is 16.4. The number of allylic oxidation sites excluding steroid dienone is 4. The fourth-order valence-corrected chi connectivity index (χ4v) is 7.98. The number of fused-ring (bicyclic) bond motifs is 3. The number of pyridine rings is 1. The maximum absolute atomic E-state index is 13.5. The van der Waals surface area contributed by atoms with Crippen LogP contribution in [-0.4, -0.2) is 69.4 Å². The van der Waals surface area contributed by atoms with Crippen LogP contribution < -0.4 is 10.6 Å². The fraction of sp³-hybridized carbons (Fsp3) is 0.390. The predicted molar refractivity (Wildman–Crippen MR) is 215 cm³/mol. The van der Waals surface area contributed by atoms with E-state index in [4.69, 9.17) is 21.3 Å². The van der Waals surface area contributed by atoms with Gasteiger partial charge in [-0.05, 0) is 118 Å². The Balaban J connectivity index is 1.04. The van der Waals surface area contributed by atoms with Gasteiger partial charge in [-0.25, -0.2) is 4.98 Å². The largest absolute Gasteiger partial charge is 0.366 e. The van der Waals surface area contributed by atoms with Crippen LogP contribution in [0.25, 0.3) is 11.0 Å². The van der Waals surface area contributed by atoms with Gasteiger partial charge in [-0.3, -0.25) is 24.5 Å². The summed E-state index contributed by atoms with van der Waals surface area (Å²) in [5.41, 5.74) is 6.31. The maximum Gasteiger partial charge on any atom is 0.255 e. The number of likely N-dealkylation sites (tertiary alicyclic amines) is 1. The number of anilines is 2. The van der Waals surface area contributed by atoms with E-state index >= 15 is 0 Å². The number of halogens is 1. The summed E-state index contributed by atoms with van der Waals surface area (Å²) in [4.78, 5) is 42.4. The van der Waals surface area contributed by atoms with E-state index in [0.29, 0.717) is 41.9 Å². The highest BCUT2D eigenvalue weighted by Crippen LogP contribution is 2.55. The molecule has 0 bridgehead atoms. The molecule has 1 aliphatic carbocycles. The van der Waals surface area contributed by atoms with Gasteiger partial charge in [0.1, 0.15) is 11.3 Å². The van der Waals surface area contributed by atoms with Gasteiger partial charge in [-0.2, -0.15) is 0 Å². The quantitative estimate of drug-likeness (QED) is 0.0719. The first-order chi connectivity index (χ1) is 25.8. The number of nitrogens with zero attached hydrogens (tertiary/aromatic N) is 5. The fourth-order valence-electron chi connectivity index (χ4n) is 7.34. The Morgan fingerprint density at radius 3 is 2.75 bits per heavy atom. The first-order valence-corrected chi connectivity index (χ1v) is 20.0. The van der Waals surface area contributed by atoms with E-state index in [1.165, 1.54) is 0 Å². The van der Waals surface area contributed by atoms with Crippen molar-refractivity contribution < 1.29 is 14.3 Å². The number of aromatic nitrogens is 3. The molecule has 2 amide bonds. The zero-order valence-corrected chi connectivity index (χ0v) is 31.9. The number of carbonyl (C=O) groups is 2. The second-order valence-electron chi connectivity index (χ2n) is 14.0. The van der Waals surface area contributed by atoms with E-state index in [0.717, 1.165) is 91.1 Å². The summed E-state index contributed by atoms with van der Waals surface area (Å²) in [6.45, 7) is 9.85. The Bertz CT molecular complexity index is 2050. The van der Waals surface area contributed by atoms with E-state index in [1.807, 2.05) is 54.6 Å². The number of piperidine rings is 1. The highest BCUT2D eigenvalue weighted by atomic mass is 35.5.